The van der Waals surface area contributed by atoms with Crippen molar-refractivity contribution in [2.45, 2.75) is 13.0 Å². The van der Waals surface area contributed by atoms with E-state index in [0.29, 0.717) is 21.7 Å². The first-order valence-corrected chi connectivity index (χ1v) is 6.37. The highest BCUT2D eigenvalue weighted by Gasteiger charge is 2.12. The van der Waals surface area contributed by atoms with E-state index in [0.717, 1.165) is 5.69 Å². The quantitative estimate of drug-likeness (QED) is 0.597. The summed E-state index contributed by atoms with van der Waals surface area (Å²) in [5.41, 5.74) is 3.31. The average Bonchev–Trinajstić information content (AvgIpc) is 2.42. The second kappa shape index (κ2) is 6.06. The number of anilines is 2. The Morgan fingerprint density at radius 1 is 1.21 bits per heavy atom. The topological polar surface area (TPSA) is 75.9 Å². The van der Waals surface area contributed by atoms with Crippen LogP contribution in [-0.4, -0.2) is 9.97 Å². The van der Waals surface area contributed by atoms with Crippen LogP contribution in [0.25, 0.3) is 0 Å². The van der Waals surface area contributed by atoms with Gasteiger partial charge in [0.1, 0.15) is 5.82 Å². The van der Waals surface area contributed by atoms with Crippen LogP contribution in [-0.2, 0) is 0 Å². The molecule has 2 rings (SSSR count). The maximum atomic E-state index is 6.09. The standard InChI is InChI=1S/C12H13Cl2N5/c1-7(10-4-2-3-5-16-10)17-11-8(13)6-9(14)12(18-11)19-15/h2-7H,15H2,1H3,(H2,17,18,19). The number of pyridine rings is 2. The number of nitrogens with zero attached hydrogens (tertiary/aromatic N) is 2. The molecule has 0 saturated heterocycles. The zero-order valence-electron chi connectivity index (χ0n) is 10.2. The molecule has 0 aromatic carbocycles. The third-order valence-electron chi connectivity index (χ3n) is 2.55. The Hall–Kier alpha value is -1.56. The van der Waals surface area contributed by atoms with Crippen LogP contribution in [0.15, 0.2) is 30.5 Å². The molecule has 0 aliphatic heterocycles. The van der Waals surface area contributed by atoms with E-state index in [9.17, 15) is 0 Å². The molecule has 0 saturated carbocycles. The van der Waals surface area contributed by atoms with Gasteiger partial charge in [0, 0.05) is 6.20 Å². The first-order chi connectivity index (χ1) is 9.11. The summed E-state index contributed by atoms with van der Waals surface area (Å²) < 4.78 is 0. The minimum Gasteiger partial charge on any atom is -0.361 e. The average molecular weight is 298 g/mol. The van der Waals surface area contributed by atoms with Crippen LogP contribution >= 0.6 is 23.2 Å². The zero-order chi connectivity index (χ0) is 13.8. The Morgan fingerprint density at radius 2 is 1.95 bits per heavy atom. The van der Waals surface area contributed by atoms with Crippen LogP contribution < -0.4 is 16.6 Å². The fourth-order valence-corrected chi connectivity index (χ4v) is 2.05. The van der Waals surface area contributed by atoms with Gasteiger partial charge in [-0.15, -0.1) is 0 Å². The van der Waals surface area contributed by atoms with Crippen LogP contribution in [0.1, 0.15) is 18.7 Å². The second-order valence-corrected chi connectivity index (χ2v) is 4.73. The van der Waals surface area contributed by atoms with Gasteiger partial charge < -0.3 is 10.7 Å². The monoisotopic (exact) mass is 297 g/mol. The Balaban J connectivity index is 2.24. The highest BCUT2D eigenvalue weighted by Crippen LogP contribution is 2.30. The molecule has 0 radical (unpaired) electrons. The number of hydrazine groups is 1. The fraction of sp³-hybridized carbons (Fsp3) is 0.167. The molecule has 0 aliphatic rings. The normalized spacial score (nSPS) is 12.0. The number of nitrogen functional groups attached to an aromatic ring is 1. The predicted octanol–water partition coefficient (Wildman–Crippen LogP) is 3.24. The second-order valence-electron chi connectivity index (χ2n) is 3.91. The molecule has 2 heterocycles. The molecule has 1 atom stereocenters. The van der Waals surface area contributed by atoms with Crippen molar-refractivity contribution in [2.75, 3.05) is 10.7 Å². The van der Waals surface area contributed by atoms with E-state index >= 15 is 0 Å². The fourth-order valence-electron chi connectivity index (χ4n) is 1.58. The number of nitrogens with one attached hydrogen (secondary N) is 2. The molecule has 0 amide bonds. The van der Waals surface area contributed by atoms with Crippen molar-refractivity contribution in [1.29, 1.82) is 0 Å². The summed E-state index contributed by atoms with van der Waals surface area (Å²) in [6.45, 7) is 1.96. The lowest BCUT2D eigenvalue weighted by atomic mass is 10.2. The Labute approximate surface area is 121 Å². The van der Waals surface area contributed by atoms with Crippen molar-refractivity contribution in [1.82, 2.24) is 9.97 Å². The molecule has 5 nitrogen and oxygen atoms in total. The highest BCUT2D eigenvalue weighted by molar-refractivity contribution is 6.37. The van der Waals surface area contributed by atoms with Crippen molar-refractivity contribution in [3.8, 4) is 0 Å². The lowest BCUT2D eigenvalue weighted by Crippen LogP contribution is -2.13. The van der Waals surface area contributed by atoms with Gasteiger partial charge in [-0.3, -0.25) is 4.98 Å². The summed E-state index contributed by atoms with van der Waals surface area (Å²) in [6.07, 6.45) is 1.73. The van der Waals surface area contributed by atoms with Crippen LogP contribution in [0.4, 0.5) is 11.6 Å². The third-order valence-corrected chi connectivity index (χ3v) is 3.13. The van der Waals surface area contributed by atoms with Crippen molar-refractivity contribution in [2.24, 2.45) is 5.84 Å². The van der Waals surface area contributed by atoms with E-state index in [2.05, 4.69) is 20.7 Å². The predicted molar refractivity (Wildman–Crippen MR) is 78.3 cm³/mol. The van der Waals surface area contributed by atoms with E-state index in [-0.39, 0.29) is 6.04 Å². The van der Waals surface area contributed by atoms with Gasteiger partial charge >= 0.3 is 0 Å². The zero-order valence-corrected chi connectivity index (χ0v) is 11.7. The number of hydrogen-bond donors (Lipinski definition) is 3. The van der Waals surface area contributed by atoms with Crippen LogP contribution in [0, 0.1) is 0 Å². The smallest absolute Gasteiger partial charge is 0.161 e. The molecular formula is C12H13Cl2N5. The number of nitrogens with two attached hydrogens (primary N) is 1. The van der Waals surface area contributed by atoms with E-state index in [4.69, 9.17) is 29.0 Å². The van der Waals surface area contributed by atoms with Gasteiger partial charge in [-0.25, -0.2) is 10.8 Å². The van der Waals surface area contributed by atoms with Crippen molar-refractivity contribution in [3.63, 3.8) is 0 Å². The van der Waals surface area contributed by atoms with E-state index < -0.39 is 0 Å². The van der Waals surface area contributed by atoms with Crippen molar-refractivity contribution >= 4 is 34.8 Å². The van der Waals surface area contributed by atoms with Gasteiger partial charge in [-0.2, -0.15) is 0 Å². The molecule has 7 heteroatoms. The molecule has 0 spiro atoms. The SMILES string of the molecule is CC(Nc1nc(NN)c(Cl)cc1Cl)c1ccccn1. The Bertz CT molecular complexity index is 562. The maximum Gasteiger partial charge on any atom is 0.161 e. The summed E-state index contributed by atoms with van der Waals surface area (Å²) in [5.74, 6) is 6.19. The summed E-state index contributed by atoms with van der Waals surface area (Å²) >= 11 is 12.0. The molecule has 0 fully saturated rings. The number of rotatable bonds is 4. The highest BCUT2D eigenvalue weighted by atomic mass is 35.5. The molecule has 0 aliphatic carbocycles. The van der Waals surface area contributed by atoms with E-state index in [1.807, 2.05) is 25.1 Å². The summed E-state index contributed by atoms with van der Waals surface area (Å²) in [7, 11) is 0. The molecule has 100 valence electrons. The minimum atomic E-state index is -0.0435. The molecule has 2 aromatic heterocycles. The summed E-state index contributed by atoms with van der Waals surface area (Å²) in [6, 6.07) is 7.24. The minimum absolute atomic E-state index is 0.0435. The molecule has 4 N–H and O–H groups in total. The van der Waals surface area contributed by atoms with Crippen molar-refractivity contribution in [3.05, 3.63) is 46.2 Å². The van der Waals surface area contributed by atoms with Crippen LogP contribution in [0.3, 0.4) is 0 Å². The summed E-state index contributed by atoms with van der Waals surface area (Å²) in [5, 5.41) is 3.96. The van der Waals surface area contributed by atoms with E-state index in [1.54, 1.807) is 12.3 Å². The van der Waals surface area contributed by atoms with Gasteiger partial charge in [0.25, 0.3) is 0 Å². The molecule has 0 bridgehead atoms. The first kappa shape index (κ1) is 13.9. The molecule has 2 aromatic rings. The third kappa shape index (κ3) is 3.26. The lowest BCUT2D eigenvalue weighted by Gasteiger charge is -2.16. The van der Waals surface area contributed by atoms with E-state index in [1.165, 1.54) is 0 Å². The molecular weight excluding hydrogens is 285 g/mol. The first-order valence-electron chi connectivity index (χ1n) is 5.62. The Morgan fingerprint density at radius 3 is 2.58 bits per heavy atom. The largest absolute Gasteiger partial charge is 0.361 e. The molecule has 19 heavy (non-hydrogen) atoms. The van der Waals surface area contributed by atoms with Gasteiger partial charge in [0.05, 0.1) is 21.8 Å². The number of aromatic nitrogens is 2. The van der Waals surface area contributed by atoms with Crippen molar-refractivity contribution < 1.29 is 0 Å². The number of halogens is 2. The lowest BCUT2D eigenvalue weighted by molar-refractivity contribution is 0.832. The van der Waals surface area contributed by atoms with Gasteiger partial charge in [0.15, 0.2) is 5.82 Å². The van der Waals surface area contributed by atoms with Crippen LogP contribution in [0.2, 0.25) is 10.0 Å². The maximum absolute atomic E-state index is 6.09. The summed E-state index contributed by atoms with van der Waals surface area (Å²) in [4.78, 5) is 8.48. The van der Waals surface area contributed by atoms with Gasteiger partial charge in [-0.1, -0.05) is 29.3 Å². The molecule has 1 unspecified atom stereocenters. The van der Waals surface area contributed by atoms with Gasteiger partial charge in [0.2, 0.25) is 0 Å². The van der Waals surface area contributed by atoms with Gasteiger partial charge in [-0.05, 0) is 25.1 Å². The number of hydrogen-bond acceptors (Lipinski definition) is 5. The van der Waals surface area contributed by atoms with Crippen LogP contribution in [0.5, 0.6) is 0 Å². The Kier molecular flexibility index (Phi) is 4.42.